The third kappa shape index (κ3) is 4.02. The molecule has 6 heteroatoms. The van der Waals surface area contributed by atoms with Gasteiger partial charge in [0.1, 0.15) is 17.1 Å². The summed E-state index contributed by atoms with van der Waals surface area (Å²) in [7, 11) is 0. The first kappa shape index (κ1) is 17.8. The molecule has 140 valence electrons. The number of anilines is 1. The van der Waals surface area contributed by atoms with Crippen LogP contribution in [-0.2, 0) is 11.2 Å². The maximum absolute atomic E-state index is 12.3. The molecule has 0 aliphatic heterocycles. The van der Waals surface area contributed by atoms with Gasteiger partial charge in [-0.25, -0.2) is 4.98 Å². The van der Waals surface area contributed by atoms with E-state index in [-0.39, 0.29) is 5.91 Å². The summed E-state index contributed by atoms with van der Waals surface area (Å²) < 4.78 is 5.97. The van der Waals surface area contributed by atoms with E-state index in [1.54, 1.807) is 6.20 Å². The molecule has 1 atom stereocenters. The van der Waals surface area contributed by atoms with Crippen molar-refractivity contribution in [1.29, 1.82) is 0 Å². The Morgan fingerprint density at radius 3 is 2.64 bits per heavy atom. The second-order valence-corrected chi connectivity index (χ2v) is 6.46. The third-order valence-corrected chi connectivity index (χ3v) is 4.41. The largest absolute Gasteiger partial charge is 0.457 e. The predicted molar refractivity (Wildman–Crippen MR) is 109 cm³/mol. The molecule has 0 saturated heterocycles. The molecule has 6 nitrogen and oxygen atoms in total. The fourth-order valence-electron chi connectivity index (χ4n) is 2.95. The summed E-state index contributed by atoms with van der Waals surface area (Å²) in [5.74, 6) is 1.23. The molecule has 0 unspecified atom stereocenters. The first-order valence-corrected chi connectivity index (χ1v) is 8.99. The van der Waals surface area contributed by atoms with Gasteiger partial charge in [0.25, 0.3) is 0 Å². The van der Waals surface area contributed by atoms with E-state index in [0.29, 0.717) is 12.2 Å². The quantitative estimate of drug-likeness (QED) is 0.479. The van der Waals surface area contributed by atoms with Crippen molar-refractivity contribution < 1.29 is 9.53 Å². The molecule has 0 radical (unpaired) electrons. The minimum absolute atomic E-state index is 0.210. The summed E-state index contributed by atoms with van der Waals surface area (Å²) in [6, 6.07) is 20.0. The number of hydrogen-bond donors (Lipinski definition) is 3. The Balaban J connectivity index is 1.39. The average Bonchev–Trinajstić information content (AvgIpc) is 3.20. The van der Waals surface area contributed by atoms with Crippen LogP contribution < -0.4 is 15.8 Å². The molecule has 4 aromatic rings. The Morgan fingerprint density at radius 1 is 1.07 bits per heavy atom. The SMILES string of the molecule is N[C@@H](Cc1ccc(Oc2ccnc3[nH]ccc23)cc1)C(=O)Nc1ccccc1. The molecule has 2 aromatic carbocycles. The number of rotatable bonds is 6. The van der Waals surface area contributed by atoms with Gasteiger partial charge in [-0.15, -0.1) is 0 Å². The predicted octanol–water partition coefficient (Wildman–Crippen LogP) is 3.86. The zero-order valence-corrected chi connectivity index (χ0v) is 15.1. The number of carbonyl (C=O) groups is 1. The van der Waals surface area contributed by atoms with Crippen LogP contribution in [0.4, 0.5) is 5.69 Å². The Hall–Kier alpha value is -3.64. The lowest BCUT2D eigenvalue weighted by Gasteiger charge is -2.13. The summed E-state index contributed by atoms with van der Waals surface area (Å²) in [6.07, 6.45) is 3.97. The Morgan fingerprint density at radius 2 is 1.86 bits per heavy atom. The number of benzene rings is 2. The van der Waals surface area contributed by atoms with Crippen LogP contribution in [0, 0.1) is 0 Å². The topological polar surface area (TPSA) is 93.0 Å². The van der Waals surface area contributed by atoms with Crippen LogP contribution in [0.2, 0.25) is 0 Å². The van der Waals surface area contributed by atoms with Crippen molar-refractivity contribution in [3.63, 3.8) is 0 Å². The van der Waals surface area contributed by atoms with Gasteiger partial charge in [-0.3, -0.25) is 4.79 Å². The molecular formula is C22H20N4O2. The molecular weight excluding hydrogens is 352 g/mol. The molecule has 0 aliphatic carbocycles. The summed E-state index contributed by atoms with van der Waals surface area (Å²) >= 11 is 0. The summed E-state index contributed by atoms with van der Waals surface area (Å²) in [5, 5.41) is 3.75. The summed E-state index contributed by atoms with van der Waals surface area (Å²) in [6.45, 7) is 0. The van der Waals surface area contributed by atoms with Crippen LogP contribution in [0.3, 0.4) is 0 Å². The van der Waals surface area contributed by atoms with Crippen LogP contribution in [-0.4, -0.2) is 21.9 Å². The Bertz CT molecular complexity index is 1070. The smallest absolute Gasteiger partial charge is 0.241 e. The van der Waals surface area contributed by atoms with E-state index in [0.717, 1.165) is 28.0 Å². The number of pyridine rings is 1. The Kier molecular flexibility index (Phi) is 5.03. The standard InChI is InChI=1S/C22H20N4O2/c23-19(22(27)26-16-4-2-1-3-5-16)14-15-6-8-17(9-7-15)28-20-11-13-25-21-18(20)10-12-24-21/h1-13,19H,14,23H2,(H,24,25)(H,26,27)/t19-/m0/s1. The van der Waals surface area contributed by atoms with Gasteiger partial charge in [-0.1, -0.05) is 30.3 Å². The molecule has 4 N–H and O–H groups in total. The van der Waals surface area contributed by atoms with Gasteiger partial charge in [0.15, 0.2) is 0 Å². The van der Waals surface area contributed by atoms with E-state index in [1.807, 2.05) is 72.9 Å². The highest BCUT2D eigenvalue weighted by atomic mass is 16.5. The van der Waals surface area contributed by atoms with Crippen LogP contribution in [0.25, 0.3) is 11.0 Å². The first-order chi connectivity index (χ1) is 13.7. The number of ether oxygens (including phenoxy) is 1. The molecule has 0 spiro atoms. The number of H-pyrrole nitrogens is 1. The number of para-hydroxylation sites is 1. The van der Waals surface area contributed by atoms with E-state index in [1.165, 1.54) is 0 Å². The van der Waals surface area contributed by atoms with Crippen LogP contribution >= 0.6 is 0 Å². The number of carbonyl (C=O) groups excluding carboxylic acids is 1. The minimum atomic E-state index is -0.633. The van der Waals surface area contributed by atoms with Crippen LogP contribution in [0.15, 0.2) is 79.1 Å². The van der Waals surface area contributed by atoms with E-state index >= 15 is 0 Å². The van der Waals surface area contributed by atoms with E-state index < -0.39 is 6.04 Å². The minimum Gasteiger partial charge on any atom is -0.457 e. The fraction of sp³-hybridized carbons (Fsp3) is 0.0909. The molecule has 28 heavy (non-hydrogen) atoms. The molecule has 0 bridgehead atoms. The van der Waals surface area contributed by atoms with E-state index in [2.05, 4.69) is 15.3 Å². The number of nitrogens with two attached hydrogens (primary N) is 1. The zero-order valence-electron chi connectivity index (χ0n) is 15.1. The van der Waals surface area contributed by atoms with Gasteiger partial charge in [-0.2, -0.15) is 0 Å². The lowest BCUT2D eigenvalue weighted by atomic mass is 10.1. The monoisotopic (exact) mass is 372 g/mol. The van der Waals surface area contributed by atoms with Crippen molar-refractivity contribution in [2.45, 2.75) is 12.5 Å². The molecule has 2 heterocycles. The highest BCUT2D eigenvalue weighted by Gasteiger charge is 2.14. The lowest BCUT2D eigenvalue weighted by Crippen LogP contribution is -2.37. The molecule has 2 aromatic heterocycles. The fourth-order valence-corrected chi connectivity index (χ4v) is 2.95. The first-order valence-electron chi connectivity index (χ1n) is 8.99. The molecule has 4 rings (SSSR count). The van der Waals surface area contributed by atoms with Gasteiger partial charge in [0, 0.05) is 18.1 Å². The molecule has 0 saturated carbocycles. The second kappa shape index (κ2) is 7.94. The second-order valence-electron chi connectivity index (χ2n) is 6.46. The maximum Gasteiger partial charge on any atom is 0.241 e. The van der Waals surface area contributed by atoms with Crippen molar-refractivity contribution in [2.24, 2.45) is 5.73 Å². The van der Waals surface area contributed by atoms with Gasteiger partial charge in [-0.05, 0) is 48.4 Å². The van der Waals surface area contributed by atoms with Crippen molar-refractivity contribution in [1.82, 2.24) is 9.97 Å². The number of aromatic amines is 1. The Labute approximate surface area is 162 Å². The van der Waals surface area contributed by atoms with Crippen molar-refractivity contribution in [3.8, 4) is 11.5 Å². The average molecular weight is 372 g/mol. The van der Waals surface area contributed by atoms with Crippen molar-refractivity contribution in [3.05, 3.63) is 84.7 Å². The number of nitrogens with one attached hydrogen (secondary N) is 2. The molecule has 0 fully saturated rings. The van der Waals surface area contributed by atoms with Crippen molar-refractivity contribution >= 4 is 22.6 Å². The maximum atomic E-state index is 12.3. The number of fused-ring (bicyclic) bond motifs is 1. The van der Waals surface area contributed by atoms with Crippen LogP contribution in [0.1, 0.15) is 5.56 Å². The number of hydrogen-bond acceptors (Lipinski definition) is 4. The molecule has 1 amide bonds. The zero-order chi connectivity index (χ0) is 19.3. The molecule has 0 aliphatic rings. The van der Waals surface area contributed by atoms with Crippen LogP contribution in [0.5, 0.6) is 11.5 Å². The number of aromatic nitrogens is 2. The van der Waals surface area contributed by atoms with E-state index in [9.17, 15) is 4.79 Å². The number of amides is 1. The highest BCUT2D eigenvalue weighted by Crippen LogP contribution is 2.28. The van der Waals surface area contributed by atoms with Gasteiger partial charge < -0.3 is 20.8 Å². The highest BCUT2D eigenvalue weighted by molar-refractivity contribution is 5.94. The van der Waals surface area contributed by atoms with Gasteiger partial charge >= 0.3 is 0 Å². The third-order valence-electron chi connectivity index (χ3n) is 4.41. The lowest BCUT2D eigenvalue weighted by molar-refractivity contribution is -0.117. The van der Waals surface area contributed by atoms with Crippen molar-refractivity contribution in [2.75, 3.05) is 5.32 Å². The number of nitrogens with zero attached hydrogens (tertiary/aromatic N) is 1. The van der Waals surface area contributed by atoms with Gasteiger partial charge in [0.05, 0.1) is 11.4 Å². The normalized spacial score (nSPS) is 11.9. The van der Waals surface area contributed by atoms with Gasteiger partial charge in [0.2, 0.25) is 5.91 Å². The van der Waals surface area contributed by atoms with E-state index in [4.69, 9.17) is 10.5 Å². The summed E-state index contributed by atoms with van der Waals surface area (Å²) in [4.78, 5) is 19.6. The summed E-state index contributed by atoms with van der Waals surface area (Å²) in [5.41, 5.74) is 8.54.